The van der Waals surface area contributed by atoms with E-state index in [2.05, 4.69) is 27.2 Å². The van der Waals surface area contributed by atoms with Crippen LogP contribution < -0.4 is 10.2 Å². The van der Waals surface area contributed by atoms with Gasteiger partial charge in [0.25, 0.3) is 0 Å². The normalized spacial score (nSPS) is 16.9. The molecule has 0 spiro atoms. The van der Waals surface area contributed by atoms with Crippen molar-refractivity contribution in [1.29, 1.82) is 0 Å². The fourth-order valence-electron chi connectivity index (χ4n) is 2.45. The monoisotopic (exact) mass is 258 g/mol. The van der Waals surface area contributed by atoms with Crippen molar-refractivity contribution in [1.82, 2.24) is 9.88 Å². The molecule has 1 aromatic heterocycles. The summed E-state index contributed by atoms with van der Waals surface area (Å²) in [5.74, 6) is 3.71. The topological polar surface area (TPSA) is 31.4 Å². The highest BCUT2D eigenvalue weighted by atomic mass is 15.2. The van der Waals surface area contributed by atoms with Crippen LogP contribution in [-0.2, 0) is 0 Å². The molecule has 1 saturated heterocycles. The Kier molecular flexibility index (Phi) is 4.64. The lowest BCUT2D eigenvalue weighted by molar-refractivity contribution is 0.243. The van der Waals surface area contributed by atoms with Crippen molar-refractivity contribution in [3.8, 4) is 12.3 Å². The van der Waals surface area contributed by atoms with Gasteiger partial charge < -0.3 is 10.2 Å². The molecule has 0 aliphatic carbocycles. The summed E-state index contributed by atoms with van der Waals surface area (Å²) in [5.41, 5.74) is 1.11. The largest absolute Gasteiger partial charge is 0.379 e. The summed E-state index contributed by atoms with van der Waals surface area (Å²) in [6.07, 6.45) is 9.44. The van der Waals surface area contributed by atoms with E-state index < -0.39 is 0 Å². The molecule has 0 atom stereocenters. The van der Waals surface area contributed by atoms with E-state index in [1.165, 1.54) is 0 Å². The molecule has 0 aromatic carbocycles. The van der Waals surface area contributed by atoms with Gasteiger partial charge in [-0.25, -0.2) is 4.98 Å². The molecule has 0 radical (unpaired) electrons. The van der Waals surface area contributed by atoms with E-state index in [0.717, 1.165) is 44.0 Å². The van der Waals surface area contributed by atoms with Gasteiger partial charge in [0.15, 0.2) is 5.82 Å². The summed E-state index contributed by atoms with van der Waals surface area (Å²) >= 11 is 0. The van der Waals surface area contributed by atoms with Gasteiger partial charge in [-0.1, -0.05) is 5.92 Å². The highest BCUT2D eigenvalue weighted by molar-refractivity contribution is 5.65. The molecule has 102 valence electrons. The summed E-state index contributed by atoms with van der Waals surface area (Å²) < 4.78 is 0. The van der Waals surface area contributed by atoms with Crippen LogP contribution in [-0.4, -0.2) is 49.7 Å². The average Bonchev–Trinajstić information content (AvgIpc) is 2.42. The van der Waals surface area contributed by atoms with Crippen LogP contribution in [0.3, 0.4) is 0 Å². The molecule has 2 heterocycles. The summed E-state index contributed by atoms with van der Waals surface area (Å²) in [6, 6.07) is 4.58. The molecular weight excluding hydrogens is 236 g/mol. The Bertz CT molecular complexity index is 442. The molecule has 2 rings (SSSR count). The Morgan fingerprint density at radius 2 is 2.21 bits per heavy atom. The lowest BCUT2D eigenvalue weighted by Gasteiger charge is -2.32. The van der Waals surface area contributed by atoms with Crippen LogP contribution in [0, 0.1) is 12.3 Å². The van der Waals surface area contributed by atoms with Gasteiger partial charge in [-0.05, 0) is 25.0 Å². The second kappa shape index (κ2) is 6.44. The van der Waals surface area contributed by atoms with Crippen LogP contribution in [0.4, 0.5) is 11.5 Å². The molecule has 1 fully saturated rings. The SMILES string of the molecule is C#CCN1CCC(Nc2cccnc2N(C)C)CC1. The van der Waals surface area contributed by atoms with Gasteiger partial charge in [-0.15, -0.1) is 6.42 Å². The van der Waals surface area contributed by atoms with E-state index in [-0.39, 0.29) is 0 Å². The molecule has 4 heteroatoms. The molecule has 1 N–H and O–H groups in total. The van der Waals surface area contributed by atoms with E-state index in [0.29, 0.717) is 6.04 Å². The number of anilines is 2. The van der Waals surface area contributed by atoms with Crippen molar-refractivity contribution in [3.05, 3.63) is 18.3 Å². The number of rotatable bonds is 4. The number of nitrogens with zero attached hydrogens (tertiary/aromatic N) is 3. The van der Waals surface area contributed by atoms with Crippen LogP contribution in [0.25, 0.3) is 0 Å². The van der Waals surface area contributed by atoms with Gasteiger partial charge in [0.2, 0.25) is 0 Å². The maximum absolute atomic E-state index is 5.35. The Morgan fingerprint density at radius 3 is 2.84 bits per heavy atom. The predicted molar refractivity (Wildman–Crippen MR) is 80.5 cm³/mol. The fraction of sp³-hybridized carbons (Fsp3) is 0.533. The molecule has 0 bridgehead atoms. The van der Waals surface area contributed by atoms with E-state index in [9.17, 15) is 0 Å². The van der Waals surface area contributed by atoms with E-state index in [1.54, 1.807) is 0 Å². The molecule has 4 nitrogen and oxygen atoms in total. The Hall–Kier alpha value is -1.73. The Morgan fingerprint density at radius 1 is 1.47 bits per heavy atom. The predicted octanol–water partition coefficient (Wildman–Crippen LogP) is 1.66. The smallest absolute Gasteiger partial charge is 0.151 e. The molecule has 0 unspecified atom stereocenters. The number of terminal acetylenes is 1. The second-order valence-electron chi connectivity index (χ2n) is 5.17. The number of hydrogen-bond acceptors (Lipinski definition) is 4. The zero-order valence-electron chi connectivity index (χ0n) is 11.8. The fourth-order valence-corrected chi connectivity index (χ4v) is 2.45. The number of hydrogen-bond donors (Lipinski definition) is 1. The van der Waals surface area contributed by atoms with Crippen molar-refractivity contribution in [2.45, 2.75) is 18.9 Å². The minimum Gasteiger partial charge on any atom is -0.379 e. The summed E-state index contributed by atoms with van der Waals surface area (Å²) in [4.78, 5) is 8.78. The van der Waals surface area contributed by atoms with Gasteiger partial charge in [0.05, 0.1) is 12.2 Å². The first-order valence-electron chi connectivity index (χ1n) is 6.75. The summed E-state index contributed by atoms with van der Waals surface area (Å²) in [7, 11) is 4.03. The molecule has 1 aliphatic heterocycles. The number of likely N-dealkylation sites (tertiary alicyclic amines) is 1. The van der Waals surface area contributed by atoms with Gasteiger partial charge in [-0.2, -0.15) is 0 Å². The first-order valence-corrected chi connectivity index (χ1v) is 6.75. The zero-order chi connectivity index (χ0) is 13.7. The highest BCUT2D eigenvalue weighted by Gasteiger charge is 2.19. The second-order valence-corrected chi connectivity index (χ2v) is 5.17. The minimum absolute atomic E-state index is 0.511. The Balaban J connectivity index is 1.94. The third kappa shape index (κ3) is 3.62. The van der Waals surface area contributed by atoms with Crippen LogP contribution in [0.2, 0.25) is 0 Å². The van der Waals surface area contributed by atoms with Crippen molar-refractivity contribution in [3.63, 3.8) is 0 Å². The van der Waals surface area contributed by atoms with E-state index in [4.69, 9.17) is 6.42 Å². The summed E-state index contributed by atoms with van der Waals surface area (Å²) in [6.45, 7) is 2.90. The van der Waals surface area contributed by atoms with Crippen molar-refractivity contribution >= 4 is 11.5 Å². The first-order chi connectivity index (χ1) is 9.20. The highest BCUT2D eigenvalue weighted by Crippen LogP contribution is 2.23. The Labute approximate surface area is 115 Å². The molecule has 0 saturated carbocycles. The minimum atomic E-state index is 0.511. The lowest BCUT2D eigenvalue weighted by Crippen LogP contribution is -2.39. The summed E-state index contributed by atoms with van der Waals surface area (Å²) in [5, 5.41) is 3.61. The van der Waals surface area contributed by atoms with Gasteiger partial charge >= 0.3 is 0 Å². The third-order valence-corrected chi connectivity index (χ3v) is 3.47. The van der Waals surface area contributed by atoms with Crippen LogP contribution in [0.1, 0.15) is 12.8 Å². The number of pyridine rings is 1. The molecular formula is C15H22N4. The quantitative estimate of drug-likeness (QED) is 0.832. The molecule has 1 aliphatic rings. The van der Waals surface area contributed by atoms with Crippen LogP contribution >= 0.6 is 0 Å². The average molecular weight is 258 g/mol. The maximum Gasteiger partial charge on any atom is 0.151 e. The van der Waals surface area contributed by atoms with Crippen LogP contribution in [0.5, 0.6) is 0 Å². The van der Waals surface area contributed by atoms with Gasteiger partial charge in [0.1, 0.15) is 0 Å². The molecule has 0 amide bonds. The maximum atomic E-state index is 5.35. The third-order valence-electron chi connectivity index (χ3n) is 3.47. The van der Waals surface area contributed by atoms with Gasteiger partial charge in [-0.3, -0.25) is 4.90 Å². The van der Waals surface area contributed by atoms with Crippen LogP contribution in [0.15, 0.2) is 18.3 Å². The van der Waals surface area contributed by atoms with Gasteiger partial charge in [0, 0.05) is 39.4 Å². The van der Waals surface area contributed by atoms with Crippen molar-refractivity contribution in [2.75, 3.05) is 43.9 Å². The number of piperidine rings is 1. The lowest BCUT2D eigenvalue weighted by atomic mass is 10.0. The molecule has 19 heavy (non-hydrogen) atoms. The zero-order valence-corrected chi connectivity index (χ0v) is 11.8. The number of nitrogens with one attached hydrogen (secondary N) is 1. The number of aromatic nitrogens is 1. The first kappa shape index (κ1) is 13.7. The van der Waals surface area contributed by atoms with E-state index >= 15 is 0 Å². The van der Waals surface area contributed by atoms with E-state index in [1.807, 2.05) is 31.3 Å². The van der Waals surface area contributed by atoms with Crippen molar-refractivity contribution in [2.24, 2.45) is 0 Å². The van der Waals surface area contributed by atoms with Crippen molar-refractivity contribution < 1.29 is 0 Å². The molecule has 1 aromatic rings. The standard InChI is InChI=1S/C15H22N4/c1-4-10-19-11-7-13(8-12-19)17-14-6-5-9-16-15(14)18(2)3/h1,5-6,9,13,17H,7-8,10-12H2,2-3H3.